The fourth-order valence-corrected chi connectivity index (χ4v) is 1.56. The Morgan fingerprint density at radius 1 is 1.56 bits per heavy atom. The van der Waals surface area contributed by atoms with Crippen LogP contribution in [0, 0.1) is 6.92 Å². The molecule has 0 saturated carbocycles. The molecule has 0 radical (unpaired) electrons. The monoisotopic (exact) mass is 266 g/mol. The van der Waals surface area contributed by atoms with Crippen molar-refractivity contribution >= 4 is 17.5 Å². The Hall–Kier alpha value is -1.95. The number of nitrogens with one attached hydrogen (secondary N) is 1. The van der Waals surface area contributed by atoms with Crippen LogP contribution in [0.1, 0.15) is 22.1 Å². The molecule has 0 aliphatic heterocycles. The van der Waals surface area contributed by atoms with Crippen LogP contribution in [0.25, 0.3) is 0 Å². The molecule has 0 aliphatic carbocycles. The molecule has 0 saturated heterocycles. The Labute approximate surface area is 108 Å². The van der Waals surface area contributed by atoms with E-state index < -0.39 is 0 Å². The number of nitrogens with zero attached hydrogens (tertiary/aromatic N) is 3. The number of aryl methyl sites for hydroxylation is 1. The summed E-state index contributed by atoms with van der Waals surface area (Å²) in [6.07, 6.45) is 3.43. The highest BCUT2D eigenvalue weighted by Gasteiger charge is 2.10. The van der Waals surface area contributed by atoms with Crippen molar-refractivity contribution in [3.8, 4) is 0 Å². The van der Waals surface area contributed by atoms with E-state index in [1.54, 1.807) is 13.0 Å². The molecule has 2 rings (SSSR count). The molecular weight excluding hydrogens is 256 g/mol. The van der Waals surface area contributed by atoms with Crippen molar-refractivity contribution < 1.29 is 9.32 Å². The zero-order valence-corrected chi connectivity index (χ0v) is 10.4. The van der Waals surface area contributed by atoms with Crippen LogP contribution in [0.3, 0.4) is 0 Å². The van der Waals surface area contributed by atoms with Gasteiger partial charge in [0.15, 0.2) is 5.82 Å². The van der Waals surface area contributed by atoms with Gasteiger partial charge in [-0.15, -0.1) is 0 Å². The van der Waals surface area contributed by atoms with Crippen molar-refractivity contribution in [3.63, 3.8) is 0 Å². The van der Waals surface area contributed by atoms with Gasteiger partial charge in [-0.1, -0.05) is 16.8 Å². The molecule has 7 heteroatoms. The first-order chi connectivity index (χ1) is 8.66. The molecule has 0 bridgehead atoms. The maximum atomic E-state index is 11.8. The highest BCUT2D eigenvalue weighted by Crippen LogP contribution is 2.12. The summed E-state index contributed by atoms with van der Waals surface area (Å²) in [5.41, 5.74) is 0.348. The summed E-state index contributed by atoms with van der Waals surface area (Å²) in [6.45, 7) is 2.13. The molecule has 0 spiro atoms. The molecule has 0 aromatic carbocycles. The molecule has 0 fully saturated rings. The quantitative estimate of drug-likeness (QED) is 0.905. The number of carbonyl (C=O) groups is 1. The van der Waals surface area contributed by atoms with Gasteiger partial charge in [0.05, 0.1) is 10.6 Å². The lowest BCUT2D eigenvalue weighted by molar-refractivity contribution is 0.0953. The highest BCUT2D eigenvalue weighted by atomic mass is 35.5. The largest absolute Gasteiger partial charge is 0.351 e. The summed E-state index contributed by atoms with van der Waals surface area (Å²) >= 11 is 5.88. The van der Waals surface area contributed by atoms with E-state index in [2.05, 4.69) is 20.4 Å². The summed E-state index contributed by atoms with van der Waals surface area (Å²) in [7, 11) is 0. The Bertz CT molecular complexity index is 555. The molecule has 0 aliphatic rings. The molecular formula is C11H11ClN4O2. The summed E-state index contributed by atoms with van der Waals surface area (Å²) < 4.78 is 4.92. The topological polar surface area (TPSA) is 80.9 Å². The minimum Gasteiger partial charge on any atom is -0.351 e. The molecule has 0 unspecified atom stereocenters. The third-order valence-electron chi connectivity index (χ3n) is 2.21. The standard InChI is InChI=1S/C11H11ClN4O2/c1-7-15-10(18-16-7)3-5-14-11(17)8-6-13-4-2-9(8)12/h2,4,6H,3,5H2,1H3,(H,14,17). The first kappa shape index (κ1) is 12.5. The van der Waals surface area contributed by atoms with E-state index in [1.165, 1.54) is 12.4 Å². The second kappa shape index (κ2) is 5.59. The van der Waals surface area contributed by atoms with Crippen LogP contribution in [-0.2, 0) is 6.42 Å². The Kier molecular flexibility index (Phi) is 3.88. The normalized spacial score (nSPS) is 10.3. The van der Waals surface area contributed by atoms with Crippen molar-refractivity contribution in [1.82, 2.24) is 20.4 Å². The molecule has 2 aromatic rings. The lowest BCUT2D eigenvalue weighted by Crippen LogP contribution is -2.26. The highest BCUT2D eigenvalue weighted by molar-refractivity contribution is 6.33. The van der Waals surface area contributed by atoms with Crippen molar-refractivity contribution in [2.75, 3.05) is 6.54 Å². The van der Waals surface area contributed by atoms with Gasteiger partial charge in [0, 0.05) is 25.4 Å². The van der Waals surface area contributed by atoms with Gasteiger partial charge >= 0.3 is 0 Å². The molecule has 2 heterocycles. The third-order valence-corrected chi connectivity index (χ3v) is 2.54. The Morgan fingerprint density at radius 2 is 2.39 bits per heavy atom. The van der Waals surface area contributed by atoms with Crippen LogP contribution in [0.4, 0.5) is 0 Å². The van der Waals surface area contributed by atoms with E-state index >= 15 is 0 Å². The number of pyridine rings is 1. The van der Waals surface area contributed by atoms with E-state index in [1.807, 2.05) is 0 Å². The smallest absolute Gasteiger partial charge is 0.254 e. The SMILES string of the molecule is Cc1noc(CCNC(=O)c2cnccc2Cl)n1. The van der Waals surface area contributed by atoms with Gasteiger partial charge in [-0.25, -0.2) is 0 Å². The zero-order chi connectivity index (χ0) is 13.0. The average Bonchev–Trinajstić information content (AvgIpc) is 2.75. The molecule has 6 nitrogen and oxygen atoms in total. The molecule has 1 amide bonds. The number of rotatable bonds is 4. The second-order valence-electron chi connectivity index (χ2n) is 3.60. The number of carbonyl (C=O) groups excluding carboxylic acids is 1. The van der Waals surface area contributed by atoms with Crippen molar-refractivity contribution in [2.24, 2.45) is 0 Å². The van der Waals surface area contributed by atoms with E-state index in [-0.39, 0.29) is 5.91 Å². The Morgan fingerprint density at radius 3 is 3.06 bits per heavy atom. The van der Waals surface area contributed by atoms with E-state index in [4.69, 9.17) is 16.1 Å². The van der Waals surface area contributed by atoms with Crippen LogP contribution >= 0.6 is 11.6 Å². The van der Waals surface area contributed by atoms with Crippen LogP contribution in [0.15, 0.2) is 23.0 Å². The maximum absolute atomic E-state index is 11.8. The van der Waals surface area contributed by atoms with Gasteiger partial charge in [-0.3, -0.25) is 9.78 Å². The molecule has 0 atom stereocenters. The lowest BCUT2D eigenvalue weighted by atomic mass is 10.2. The van der Waals surface area contributed by atoms with Gasteiger partial charge in [-0.2, -0.15) is 4.98 Å². The number of amides is 1. The molecule has 18 heavy (non-hydrogen) atoms. The summed E-state index contributed by atoms with van der Waals surface area (Å²) in [5.74, 6) is 0.793. The van der Waals surface area contributed by atoms with Crippen molar-refractivity contribution in [1.29, 1.82) is 0 Å². The number of aromatic nitrogens is 3. The van der Waals surface area contributed by atoms with E-state index in [0.29, 0.717) is 35.3 Å². The van der Waals surface area contributed by atoms with E-state index in [9.17, 15) is 4.79 Å². The number of hydrogen-bond donors (Lipinski definition) is 1. The van der Waals surface area contributed by atoms with Gasteiger partial charge in [0.2, 0.25) is 5.89 Å². The van der Waals surface area contributed by atoms with Crippen LogP contribution in [0.2, 0.25) is 5.02 Å². The second-order valence-corrected chi connectivity index (χ2v) is 4.00. The predicted molar refractivity (Wildman–Crippen MR) is 64.3 cm³/mol. The molecule has 2 aromatic heterocycles. The third kappa shape index (κ3) is 3.04. The maximum Gasteiger partial charge on any atom is 0.254 e. The zero-order valence-electron chi connectivity index (χ0n) is 9.68. The van der Waals surface area contributed by atoms with Gasteiger partial charge in [-0.05, 0) is 13.0 Å². The minimum atomic E-state index is -0.274. The van der Waals surface area contributed by atoms with Crippen LogP contribution in [-0.4, -0.2) is 27.6 Å². The van der Waals surface area contributed by atoms with Crippen LogP contribution in [0.5, 0.6) is 0 Å². The molecule has 94 valence electrons. The van der Waals surface area contributed by atoms with Gasteiger partial charge < -0.3 is 9.84 Å². The average molecular weight is 267 g/mol. The van der Waals surface area contributed by atoms with Crippen molar-refractivity contribution in [3.05, 3.63) is 40.8 Å². The van der Waals surface area contributed by atoms with Gasteiger partial charge in [0.1, 0.15) is 0 Å². The lowest BCUT2D eigenvalue weighted by Gasteiger charge is -2.04. The fraction of sp³-hybridized carbons (Fsp3) is 0.273. The minimum absolute atomic E-state index is 0.274. The van der Waals surface area contributed by atoms with Gasteiger partial charge in [0.25, 0.3) is 5.91 Å². The summed E-state index contributed by atoms with van der Waals surface area (Å²) in [5, 5.41) is 6.73. The van der Waals surface area contributed by atoms with Crippen LogP contribution < -0.4 is 5.32 Å². The Balaban J connectivity index is 1.87. The number of halogens is 1. The fourth-order valence-electron chi connectivity index (χ4n) is 1.36. The first-order valence-corrected chi connectivity index (χ1v) is 5.71. The van der Waals surface area contributed by atoms with Crippen molar-refractivity contribution in [2.45, 2.75) is 13.3 Å². The number of hydrogen-bond acceptors (Lipinski definition) is 5. The first-order valence-electron chi connectivity index (χ1n) is 5.33. The summed E-state index contributed by atoms with van der Waals surface area (Å²) in [4.78, 5) is 19.6. The predicted octanol–water partition coefficient (Wildman–Crippen LogP) is 1.40. The van der Waals surface area contributed by atoms with E-state index in [0.717, 1.165) is 0 Å². The summed E-state index contributed by atoms with van der Waals surface area (Å²) in [6, 6.07) is 1.57. The molecule has 1 N–H and O–H groups in total.